The van der Waals surface area contributed by atoms with Gasteiger partial charge in [0.25, 0.3) is 0 Å². The number of esters is 1. The van der Waals surface area contributed by atoms with Crippen molar-refractivity contribution in [1.82, 2.24) is 0 Å². The third-order valence-electron chi connectivity index (χ3n) is 5.41. The van der Waals surface area contributed by atoms with Crippen LogP contribution in [0.1, 0.15) is 89.5 Å². The molecular weight excluding hydrogens is 390 g/mol. The number of anilines is 1. The lowest BCUT2D eigenvalue weighted by molar-refractivity contribution is -0.148. The van der Waals surface area contributed by atoms with Crippen LogP contribution in [0.2, 0.25) is 0 Å². The van der Waals surface area contributed by atoms with Gasteiger partial charge in [-0.25, -0.2) is 0 Å². The molecule has 0 fully saturated rings. The van der Waals surface area contributed by atoms with Gasteiger partial charge in [0, 0.05) is 12.2 Å². The first-order chi connectivity index (χ1) is 15.1. The van der Waals surface area contributed by atoms with Crippen LogP contribution in [0.25, 0.3) is 0 Å². The minimum atomic E-state index is -1.03. The Bertz CT molecular complexity index is 600. The molecule has 176 valence electrons. The number of nitrogens with one attached hydrogen (secondary N) is 1. The number of aliphatic hydroxyl groups excluding tert-OH is 2. The van der Waals surface area contributed by atoms with E-state index in [9.17, 15) is 9.90 Å². The highest BCUT2D eigenvalue weighted by atomic mass is 16.5. The lowest BCUT2D eigenvalue weighted by atomic mass is 10.0. The Morgan fingerprint density at radius 2 is 1.61 bits per heavy atom. The second-order valence-electron chi connectivity index (χ2n) is 8.26. The summed E-state index contributed by atoms with van der Waals surface area (Å²) in [5.74, 6) is -0.821. The quantitative estimate of drug-likeness (QED) is 0.160. The SMILES string of the molecule is CCCCCCCCCC=CCCCNc1ccc(C(C)C(=O)OCC(O)CO)cc1. The summed E-state index contributed by atoms with van der Waals surface area (Å²) in [4.78, 5) is 12.0. The number of benzene rings is 1. The van der Waals surface area contributed by atoms with E-state index in [0.29, 0.717) is 0 Å². The van der Waals surface area contributed by atoms with Crippen LogP contribution in [-0.4, -0.2) is 42.0 Å². The van der Waals surface area contributed by atoms with Gasteiger partial charge in [-0.05, 0) is 50.3 Å². The lowest BCUT2D eigenvalue weighted by Gasteiger charge is -2.14. The van der Waals surface area contributed by atoms with Crippen molar-refractivity contribution in [2.24, 2.45) is 0 Å². The first kappa shape index (κ1) is 27.2. The van der Waals surface area contributed by atoms with Crippen molar-refractivity contribution >= 4 is 11.7 Å². The maximum Gasteiger partial charge on any atom is 0.313 e. The van der Waals surface area contributed by atoms with E-state index in [4.69, 9.17) is 9.84 Å². The first-order valence-electron chi connectivity index (χ1n) is 12.0. The van der Waals surface area contributed by atoms with Crippen LogP contribution < -0.4 is 5.32 Å². The summed E-state index contributed by atoms with van der Waals surface area (Å²) in [6.07, 6.45) is 16.5. The zero-order chi connectivity index (χ0) is 22.7. The summed E-state index contributed by atoms with van der Waals surface area (Å²) in [6, 6.07) is 7.77. The molecule has 1 rings (SSSR count). The molecule has 5 heteroatoms. The Balaban J connectivity index is 2.13. The number of carbonyl (C=O) groups is 1. The van der Waals surface area contributed by atoms with Crippen LogP contribution >= 0.6 is 0 Å². The Labute approximate surface area is 188 Å². The third kappa shape index (κ3) is 13.2. The number of hydrogen-bond donors (Lipinski definition) is 3. The average molecular weight is 434 g/mol. The number of carbonyl (C=O) groups excluding carboxylic acids is 1. The standard InChI is InChI=1S/C26H43NO4/c1-3-4-5-6-7-8-9-10-11-12-13-14-19-27-24-17-15-23(16-18-24)22(2)26(30)31-21-25(29)20-28/h11-12,15-18,22,25,27-29H,3-10,13-14,19-21H2,1-2H3. The summed E-state index contributed by atoms with van der Waals surface area (Å²) in [5, 5.41) is 21.5. The summed E-state index contributed by atoms with van der Waals surface area (Å²) in [7, 11) is 0. The molecule has 31 heavy (non-hydrogen) atoms. The molecule has 2 unspecified atom stereocenters. The van der Waals surface area contributed by atoms with Crippen LogP contribution in [0.3, 0.4) is 0 Å². The predicted octanol–water partition coefficient (Wildman–Crippen LogP) is 5.58. The van der Waals surface area contributed by atoms with Crippen molar-refractivity contribution in [2.45, 2.75) is 90.1 Å². The predicted molar refractivity (Wildman–Crippen MR) is 128 cm³/mol. The largest absolute Gasteiger partial charge is 0.462 e. The van der Waals surface area contributed by atoms with E-state index >= 15 is 0 Å². The van der Waals surface area contributed by atoms with E-state index in [-0.39, 0.29) is 6.61 Å². The normalized spacial score (nSPS) is 13.3. The molecule has 0 spiro atoms. The molecule has 0 aromatic heterocycles. The Morgan fingerprint density at radius 3 is 2.26 bits per heavy atom. The highest BCUT2D eigenvalue weighted by molar-refractivity contribution is 5.77. The van der Waals surface area contributed by atoms with E-state index < -0.39 is 24.6 Å². The molecule has 0 saturated carbocycles. The number of ether oxygens (including phenoxy) is 1. The molecule has 3 N–H and O–H groups in total. The van der Waals surface area contributed by atoms with E-state index in [1.54, 1.807) is 6.92 Å². The second kappa shape index (κ2) is 17.8. The van der Waals surface area contributed by atoms with Gasteiger partial charge >= 0.3 is 5.97 Å². The number of hydrogen-bond acceptors (Lipinski definition) is 5. The van der Waals surface area contributed by atoms with Gasteiger partial charge in [-0.1, -0.05) is 69.7 Å². The van der Waals surface area contributed by atoms with Crippen LogP contribution in [0.5, 0.6) is 0 Å². The molecule has 0 heterocycles. The van der Waals surface area contributed by atoms with Crippen molar-refractivity contribution in [1.29, 1.82) is 0 Å². The topological polar surface area (TPSA) is 78.8 Å². The van der Waals surface area contributed by atoms with E-state index in [0.717, 1.165) is 30.6 Å². The minimum Gasteiger partial charge on any atom is -0.462 e. The van der Waals surface area contributed by atoms with Crippen LogP contribution in [0.15, 0.2) is 36.4 Å². The fraction of sp³-hybridized carbons (Fsp3) is 0.654. The smallest absolute Gasteiger partial charge is 0.313 e. The Kier molecular flexibility index (Phi) is 15.6. The Hall–Kier alpha value is -1.85. The fourth-order valence-corrected chi connectivity index (χ4v) is 3.29. The van der Waals surface area contributed by atoms with Crippen molar-refractivity contribution < 1.29 is 19.7 Å². The molecule has 1 aromatic rings. The molecule has 0 aliphatic rings. The van der Waals surface area contributed by atoms with Crippen molar-refractivity contribution in [3.63, 3.8) is 0 Å². The third-order valence-corrected chi connectivity index (χ3v) is 5.41. The summed E-state index contributed by atoms with van der Waals surface area (Å²) in [5.41, 5.74) is 1.90. The molecule has 0 aliphatic carbocycles. The monoisotopic (exact) mass is 433 g/mol. The minimum absolute atomic E-state index is 0.188. The van der Waals surface area contributed by atoms with Crippen LogP contribution in [0.4, 0.5) is 5.69 Å². The number of allylic oxidation sites excluding steroid dienone is 2. The zero-order valence-corrected chi connectivity index (χ0v) is 19.5. The number of aliphatic hydroxyl groups is 2. The molecule has 0 bridgehead atoms. The summed E-state index contributed by atoms with van der Waals surface area (Å²) in [6.45, 7) is 4.34. The van der Waals surface area contributed by atoms with Gasteiger partial charge in [0.05, 0.1) is 12.5 Å². The highest BCUT2D eigenvalue weighted by Gasteiger charge is 2.18. The molecule has 0 aliphatic heterocycles. The van der Waals surface area contributed by atoms with Crippen molar-refractivity contribution in [3.8, 4) is 0 Å². The van der Waals surface area contributed by atoms with Gasteiger partial charge in [-0.3, -0.25) is 4.79 Å². The van der Waals surface area contributed by atoms with Crippen molar-refractivity contribution in [2.75, 3.05) is 25.1 Å². The average Bonchev–Trinajstić information content (AvgIpc) is 2.80. The first-order valence-corrected chi connectivity index (χ1v) is 12.0. The number of unbranched alkanes of at least 4 members (excludes halogenated alkanes) is 8. The summed E-state index contributed by atoms with van der Waals surface area (Å²) < 4.78 is 5.02. The molecule has 0 radical (unpaired) electrons. The van der Waals surface area contributed by atoms with Gasteiger partial charge in [-0.2, -0.15) is 0 Å². The fourth-order valence-electron chi connectivity index (χ4n) is 3.29. The van der Waals surface area contributed by atoms with E-state index in [2.05, 4.69) is 24.4 Å². The van der Waals surface area contributed by atoms with Gasteiger partial charge in [0.2, 0.25) is 0 Å². The van der Waals surface area contributed by atoms with Crippen LogP contribution in [-0.2, 0) is 9.53 Å². The molecule has 5 nitrogen and oxygen atoms in total. The maximum absolute atomic E-state index is 12.0. The van der Waals surface area contributed by atoms with E-state index in [1.165, 1.54) is 51.4 Å². The maximum atomic E-state index is 12.0. The summed E-state index contributed by atoms with van der Waals surface area (Å²) >= 11 is 0. The molecule has 1 aromatic carbocycles. The van der Waals surface area contributed by atoms with Crippen molar-refractivity contribution in [3.05, 3.63) is 42.0 Å². The van der Waals surface area contributed by atoms with E-state index in [1.807, 2.05) is 24.3 Å². The number of rotatable bonds is 18. The molecule has 0 saturated heterocycles. The molecular formula is C26H43NO4. The van der Waals surface area contributed by atoms with Gasteiger partial charge in [0.15, 0.2) is 0 Å². The van der Waals surface area contributed by atoms with Gasteiger partial charge in [0.1, 0.15) is 12.7 Å². The van der Waals surface area contributed by atoms with Gasteiger partial charge < -0.3 is 20.3 Å². The van der Waals surface area contributed by atoms with Crippen LogP contribution in [0, 0.1) is 0 Å². The molecule has 2 atom stereocenters. The lowest BCUT2D eigenvalue weighted by Crippen LogP contribution is -2.24. The highest BCUT2D eigenvalue weighted by Crippen LogP contribution is 2.19. The zero-order valence-electron chi connectivity index (χ0n) is 19.5. The second-order valence-corrected chi connectivity index (χ2v) is 8.26. The van der Waals surface area contributed by atoms with Gasteiger partial charge in [-0.15, -0.1) is 0 Å². The molecule has 0 amide bonds. The Morgan fingerprint density at radius 1 is 1.00 bits per heavy atom.